The molecule has 0 bridgehead atoms. The minimum atomic E-state index is 0.211. The van der Waals surface area contributed by atoms with Crippen LogP contribution < -0.4 is 16.6 Å². The van der Waals surface area contributed by atoms with Crippen molar-refractivity contribution in [2.24, 2.45) is 5.84 Å². The van der Waals surface area contributed by atoms with Gasteiger partial charge in [0.25, 0.3) is 0 Å². The molecular formula is C15H21N5S. The molecule has 0 aliphatic heterocycles. The number of thiophene rings is 1. The summed E-state index contributed by atoms with van der Waals surface area (Å²) in [5.74, 6) is 8.39. The van der Waals surface area contributed by atoms with Crippen LogP contribution in [0.25, 0.3) is 0 Å². The number of hydrogen-bond donors (Lipinski definition) is 3. The molecule has 0 aromatic carbocycles. The first-order chi connectivity index (χ1) is 10.1. The molecule has 1 fully saturated rings. The topological polar surface area (TPSA) is 75.9 Å². The van der Waals surface area contributed by atoms with Gasteiger partial charge < -0.3 is 10.7 Å². The van der Waals surface area contributed by atoms with Gasteiger partial charge in [0.05, 0.1) is 6.04 Å². The number of aromatic nitrogens is 2. The monoisotopic (exact) mass is 303 g/mol. The zero-order valence-electron chi connectivity index (χ0n) is 12.6. The van der Waals surface area contributed by atoms with Crippen molar-refractivity contribution < 1.29 is 0 Å². The van der Waals surface area contributed by atoms with Gasteiger partial charge in [-0.1, -0.05) is 0 Å². The Hall–Kier alpha value is -1.66. The van der Waals surface area contributed by atoms with Gasteiger partial charge in [0.2, 0.25) is 0 Å². The lowest BCUT2D eigenvalue weighted by Crippen LogP contribution is -2.13. The van der Waals surface area contributed by atoms with Crippen LogP contribution in [0.5, 0.6) is 0 Å². The quantitative estimate of drug-likeness (QED) is 0.582. The Morgan fingerprint density at radius 1 is 1.24 bits per heavy atom. The molecular weight excluding hydrogens is 282 g/mol. The Morgan fingerprint density at radius 2 is 1.95 bits per heavy atom. The number of anilines is 2. The van der Waals surface area contributed by atoms with E-state index in [1.165, 1.54) is 28.2 Å². The number of nitrogens with zero attached hydrogens (tertiary/aromatic N) is 2. The van der Waals surface area contributed by atoms with Gasteiger partial charge in [-0.15, -0.1) is 11.3 Å². The average molecular weight is 303 g/mol. The Bertz CT molecular complexity index is 648. The van der Waals surface area contributed by atoms with Gasteiger partial charge in [0.1, 0.15) is 17.5 Å². The average Bonchev–Trinajstić information content (AvgIpc) is 3.23. The second-order valence-electron chi connectivity index (χ2n) is 5.65. The van der Waals surface area contributed by atoms with Crippen molar-refractivity contribution in [3.05, 3.63) is 33.3 Å². The van der Waals surface area contributed by atoms with E-state index in [4.69, 9.17) is 5.84 Å². The number of nitrogens with one attached hydrogen (secondary N) is 2. The van der Waals surface area contributed by atoms with Crippen molar-refractivity contribution in [3.8, 4) is 0 Å². The summed E-state index contributed by atoms with van der Waals surface area (Å²) in [6, 6.07) is 4.31. The molecule has 2 aromatic heterocycles. The molecule has 6 heteroatoms. The summed E-state index contributed by atoms with van der Waals surface area (Å²) >= 11 is 1.83. The van der Waals surface area contributed by atoms with Crippen LogP contribution in [0.2, 0.25) is 0 Å². The van der Waals surface area contributed by atoms with Gasteiger partial charge in [-0.05, 0) is 45.2 Å². The third-order valence-corrected chi connectivity index (χ3v) is 4.73. The van der Waals surface area contributed by atoms with Crippen LogP contribution in [-0.4, -0.2) is 9.97 Å². The maximum absolute atomic E-state index is 5.51. The lowest BCUT2D eigenvalue weighted by Gasteiger charge is -2.16. The fraction of sp³-hybridized carbons (Fsp3) is 0.467. The molecule has 4 N–H and O–H groups in total. The Balaban J connectivity index is 1.83. The molecule has 1 aliphatic carbocycles. The summed E-state index contributed by atoms with van der Waals surface area (Å²) in [5.41, 5.74) is 3.96. The molecule has 1 atom stereocenters. The minimum absolute atomic E-state index is 0.211. The predicted octanol–water partition coefficient (Wildman–Crippen LogP) is 3.49. The van der Waals surface area contributed by atoms with Gasteiger partial charge in [-0.3, -0.25) is 0 Å². The number of nitrogen functional groups attached to an aromatic ring is 1. The van der Waals surface area contributed by atoms with E-state index in [1.807, 2.05) is 17.4 Å². The van der Waals surface area contributed by atoms with E-state index in [0.717, 1.165) is 11.6 Å². The highest BCUT2D eigenvalue weighted by molar-refractivity contribution is 7.12. The molecule has 1 unspecified atom stereocenters. The third-order valence-electron chi connectivity index (χ3n) is 3.74. The molecule has 112 valence electrons. The first kappa shape index (κ1) is 14.3. The molecule has 1 aliphatic rings. The molecule has 0 spiro atoms. The molecule has 2 aromatic rings. The van der Waals surface area contributed by atoms with Gasteiger partial charge in [-0.2, -0.15) is 0 Å². The fourth-order valence-corrected chi connectivity index (χ4v) is 3.54. The van der Waals surface area contributed by atoms with Crippen LogP contribution in [0.3, 0.4) is 0 Å². The van der Waals surface area contributed by atoms with Crippen LogP contribution in [0.15, 0.2) is 12.1 Å². The van der Waals surface area contributed by atoms with Crippen molar-refractivity contribution in [1.29, 1.82) is 0 Å². The number of nitrogens with two attached hydrogens (primary N) is 1. The maximum atomic E-state index is 5.51. The Labute approximate surface area is 129 Å². The van der Waals surface area contributed by atoms with Gasteiger partial charge in [-0.25, -0.2) is 15.8 Å². The summed E-state index contributed by atoms with van der Waals surface area (Å²) in [4.78, 5) is 11.7. The van der Waals surface area contributed by atoms with Crippen molar-refractivity contribution in [1.82, 2.24) is 9.97 Å². The van der Waals surface area contributed by atoms with E-state index in [2.05, 4.69) is 47.5 Å². The smallest absolute Gasteiger partial charge is 0.145 e. The van der Waals surface area contributed by atoms with Crippen molar-refractivity contribution in [2.45, 2.75) is 45.6 Å². The molecule has 0 amide bonds. The van der Waals surface area contributed by atoms with Crippen molar-refractivity contribution in [3.63, 3.8) is 0 Å². The largest absolute Gasteiger partial charge is 0.363 e. The van der Waals surface area contributed by atoms with Crippen LogP contribution in [0.4, 0.5) is 11.6 Å². The molecule has 0 radical (unpaired) electrons. The van der Waals surface area contributed by atoms with E-state index < -0.39 is 0 Å². The number of hydrazine groups is 1. The Kier molecular flexibility index (Phi) is 3.82. The molecule has 3 rings (SSSR count). The molecule has 1 saturated carbocycles. The van der Waals surface area contributed by atoms with E-state index in [0.29, 0.717) is 11.7 Å². The second-order valence-corrected chi connectivity index (χ2v) is 7.11. The first-order valence-electron chi connectivity index (χ1n) is 7.26. The Morgan fingerprint density at radius 3 is 2.52 bits per heavy atom. The van der Waals surface area contributed by atoms with Gasteiger partial charge in [0, 0.05) is 21.7 Å². The summed E-state index contributed by atoms with van der Waals surface area (Å²) in [6.45, 7) is 6.46. The van der Waals surface area contributed by atoms with Crippen LogP contribution in [-0.2, 0) is 0 Å². The highest BCUT2D eigenvalue weighted by atomic mass is 32.1. The SMILES string of the molecule is Cc1cc(C(C)Nc2cc(NN)nc(C3CC3)n2)c(C)s1. The highest BCUT2D eigenvalue weighted by Gasteiger charge is 2.27. The number of hydrogen-bond acceptors (Lipinski definition) is 6. The summed E-state index contributed by atoms with van der Waals surface area (Å²) in [6.07, 6.45) is 2.34. The molecule has 21 heavy (non-hydrogen) atoms. The van der Waals surface area contributed by atoms with Crippen molar-refractivity contribution in [2.75, 3.05) is 10.7 Å². The lowest BCUT2D eigenvalue weighted by atomic mass is 10.1. The third kappa shape index (κ3) is 3.16. The molecule has 5 nitrogen and oxygen atoms in total. The van der Waals surface area contributed by atoms with Crippen LogP contribution >= 0.6 is 11.3 Å². The molecule has 0 saturated heterocycles. The molecule has 2 heterocycles. The number of aryl methyl sites for hydroxylation is 2. The van der Waals surface area contributed by atoms with E-state index in [1.54, 1.807) is 0 Å². The van der Waals surface area contributed by atoms with Crippen LogP contribution in [0.1, 0.15) is 52.9 Å². The van der Waals surface area contributed by atoms with E-state index in [9.17, 15) is 0 Å². The first-order valence-corrected chi connectivity index (χ1v) is 8.07. The van der Waals surface area contributed by atoms with Gasteiger partial charge >= 0.3 is 0 Å². The second kappa shape index (κ2) is 5.61. The fourth-order valence-electron chi connectivity index (χ4n) is 2.52. The lowest BCUT2D eigenvalue weighted by molar-refractivity contribution is 0.852. The standard InChI is InChI=1S/C15H21N5S/c1-8-6-12(10(3)21-8)9(2)17-13-7-14(20-16)19-15(18-13)11-4-5-11/h6-7,9,11H,4-5,16H2,1-3H3,(H2,17,18,19,20). The van der Waals surface area contributed by atoms with Crippen molar-refractivity contribution >= 4 is 23.0 Å². The summed E-state index contributed by atoms with van der Waals surface area (Å²) in [7, 11) is 0. The summed E-state index contributed by atoms with van der Waals surface area (Å²) < 4.78 is 0. The minimum Gasteiger partial charge on any atom is -0.363 e. The van der Waals surface area contributed by atoms with Crippen LogP contribution in [0, 0.1) is 13.8 Å². The van der Waals surface area contributed by atoms with Gasteiger partial charge in [0.15, 0.2) is 0 Å². The van der Waals surface area contributed by atoms with E-state index in [-0.39, 0.29) is 6.04 Å². The predicted molar refractivity (Wildman–Crippen MR) is 87.6 cm³/mol. The summed E-state index contributed by atoms with van der Waals surface area (Å²) in [5, 5.41) is 3.47. The normalized spacial score (nSPS) is 15.8. The highest BCUT2D eigenvalue weighted by Crippen LogP contribution is 2.39. The zero-order chi connectivity index (χ0) is 15.0. The van der Waals surface area contributed by atoms with E-state index >= 15 is 0 Å². The maximum Gasteiger partial charge on any atom is 0.145 e. The zero-order valence-corrected chi connectivity index (χ0v) is 13.4. The number of rotatable bonds is 5.